The molecule has 2 N–H and O–H groups in total. The van der Waals surface area contributed by atoms with Crippen molar-refractivity contribution in [2.45, 2.75) is 18.9 Å². The van der Waals surface area contributed by atoms with Crippen LogP contribution in [0.5, 0.6) is 0 Å². The highest BCUT2D eigenvalue weighted by Gasteiger charge is 2.26. The zero-order chi connectivity index (χ0) is 15.1. The van der Waals surface area contributed by atoms with E-state index >= 15 is 0 Å². The van der Waals surface area contributed by atoms with E-state index in [2.05, 4.69) is 10.1 Å². The number of carboxylic acid groups (broad SMARTS) is 1. The van der Waals surface area contributed by atoms with E-state index < -0.39 is 34.8 Å². The lowest BCUT2D eigenvalue weighted by Gasteiger charge is -2.27. The molecule has 9 heteroatoms. The Hall–Kier alpha value is -1.64. The van der Waals surface area contributed by atoms with Crippen molar-refractivity contribution in [3.8, 4) is 0 Å². The lowest BCUT2D eigenvalue weighted by atomic mass is 10.1. The monoisotopic (exact) mass is 306 g/mol. The van der Waals surface area contributed by atoms with Crippen molar-refractivity contribution >= 4 is 28.8 Å². The van der Waals surface area contributed by atoms with Gasteiger partial charge in [-0.25, -0.2) is 9.59 Å². The molecule has 114 valence electrons. The minimum absolute atomic E-state index is 0.0342. The van der Waals surface area contributed by atoms with Crippen LogP contribution in [0.4, 0.5) is 4.79 Å². The normalized spacial score (nSPS) is 17.4. The molecule has 1 aliphatic heterocycles. The van der Waals surface area contributed by atoms with Crippen LogP contribution in [0.3, 0.4) is 0 Å². The quantitative estimate of drug-likeness (QED) is 0.641. The van der Waals surface area contributed by atoms with Crippen molar-refractivity contribution in [3.63, 3.8) is 0 Å². The number of aliphatic carboxylic acids is 1. The molecule has 0 spiro atoms. The number of hydrogen-bond acceptors (Lipinski definition) is 5. The van der Waals surface area contributed by atoms with Crippen LogP contribution in [-0.2, 0) is 25.1 Å². The Morgan fingerprint density at radius 2 is 1.95 bits per heavy atom. The van der Waals surface area contributed by atoms with Gasteiger partial charge in [0.1, 0.15) is 6.04 Å². The molecular formula is C11H18N2O6S. The number of carboxylic acids is 1. The lowest BCUT2D eigenvalue weighted by Crippen LogP contribution is -2.51. The molecule has 2 amide bonds. The summed E-state index contributed by atoms with van der Waals surface area (Å²) < 4.78 is 15.6. The average Bonchev–Trinajstić information content (AvgIpc) is 2.43. The molecule has 0 radical (unpaired) electrons. The highest BCUT2D eigenvalue weighted by atomic mass is 32.2. The molecule has 0 unspecified atom stereocenters. The van der Waals surface area contributed by atoms with Crippen LogP contribution in [-0.4, -0.2) is 69.9 Å². The first-order valence-corrected chi connectivity index (χ1v) is 7.63. The fourth-order valence-electron chi connectivity index (χ4n) is 1.70. The second-order valence-corrected chi connectivity index (χ2v) is 5.99. The van der Waals surface area contributed by atoms with Crippen molar-refractivity contribution < 1.29 is 28.4 Å². The van der Waals surface area contributed by atoms with Gasteiger partial charge in [-0.15, -0.1) is 0 Å². The van der Waals surface area contributed by atoms with Gasteiger partial charge in [-0.2, -0.15) is 0 Å². The van der Waals surface area contributed by atoms with E-state index in [0.717, 1.165) is 0 Å². The number of rotatable bonds is 5. The highest BCUT2D eigenvalue weighted by Crippen LogP contribution is 2.04. The first-order chi connectivity index (χ1) is 9.43. The number of nitrogens with one attached hydrogen (secondary N) is 1. The van der Waals surface area contributed by atoms with E-state index in [1.807, 2.05) is 0 Å². The number of nitrogens with zero attached hydrogens (tertiary/aromatic N) is 1. The molecule has 1 atom stereocenters. The third kappa shape index (κ3) is 5.16. The van der Waals surface area contributed by atoms with Crippen molar-refractivity contribution in [3.05, 3.63) is 0 Å². The second-order valence-electron chi connectivity index (χ2n) is 4.29. The van der Waals surface area contributed by atoms with Crippen molar-refractivity contribution in [1.29, 1.82) is 0 Å². The topological polar surface area (TPSA) is 113 Å². The molecule has 20 heavy (non-hydrogen) atoms. The molecule has 0 bridgehead atoms. The maximum atomic E-state index is 11.9. The Kier molecular flexibility index (Phi) is 6.43. The number of hydrogen-bond donors (Lipinski definition) is 2. The van der Waals surface area contributed by atoms with Gasteiger partial charge in [0.05, 0.1) is 7.11 Å². The van der Waals surface area contributed by atoms with Crippen LogP contribution in [0.15, 0.2) is 0 Å². The van der Waals surface area contributed by atoms with Crippen LogP contribution in [0, 0.1) is 0 Å². The van der Waals surface area contributed by atoms with E-state index in [1.54, 1.807) is 0 Å². The van der Waals surface area contributed by atoms with Crippen LogP contribution >= 0.6 is 0 Å². The summed E-state index contributed by atoms with van der Waals surface area (Å²) in [6.45, 7) is 0.670. The fourth-order valence-corrected chi connectivity index (χ4v) is 2.76. The van der Waals surface area contributed by atoms with E-state index in [1.165, 1.54) is 12.0 Å². The molecule has 1 aliphatic rings. The number of esters is 1. The zero-order valence-electron chi connectivity index (χ0n) is 11.2. The van der Waals surface area contributed by atoms with E-state index in [-0.39, 0.29) is 12.8 Å². The third-order valence-electron chi connectivity index (χ3n) is 2.93. The number of urea groups is 1. The predicted octanol–water partition coefficient (Wildman–Crippen LogP) is -0.833. The standard InChI is InChI=1S/C11H18N2O6S/c1-19-9(14)3-2-8(10(15)16)12-11(17)13-4-6-20(18)7-5-13/h8H,2-7H2,1H3,(H,12,17)(H,15,16)/t8-/m0/s1. The number of carbonyl (C=O) groups excluding carboxylic acids is 2. The number of carbonyl (C=O) groups is 3. The van der Waals surface area contributed by atoms with Gasteiger partial charge in [-0.1, -0.05) is 0 Å². The summed E-state index contributed by atoms with van der Waals surface area (Å²) in [5.41, 5.74) is 0. The maximum Gasteiger partial charge on any atom is 0.326 e. The van der Waals surface area contributed by atoms with Gasteiger partial charge in [0.25, 0.3) is 0 Å². The van der Waals surface area contributed by atoms with Crippen molar-refractivity contribution in [1.82, 2.24) is 10.2 Å². The smallest absolute Gasteiger partial charge is 0.326 e. The molecule has 1 fully saturated rings. The van der Waals surface area contributed by atoms with Gasteiger partial charge in [-0.05, 0) is 6.42 Å². The van der Waals surface area contributed by atoms with E-state index in [9.17, 15) is 18.6 Å². The van der Waals surface area contributed by atoms with Gasteiger partial charge in [0.2, 0.25) is 0 Å². The molecule has 0 aromatic rings. The van der Waals surface area contributed by atoms with Crippen LogP contribution < -0.4 is 5.32 Å². The van der Waals surface area contributed by atoms with E-state index in [0.29, 0.717) is 24.6 Å². The summed E-state index contributed by atoms with van der Waals surface area (Å²) >= 11 is 0. The first-order valence-electron chi connectivity index (χ1n) is 6.14. The Balaban J connectivity index is 2.48. The summed E-state index contributed by atoms with van der Waals surface area (Å²) in [6.07, 6.45) is -0.120. The SMILES string of the molecule is COC(=O)CC[C@H](NC(=O)N1CCS(=O)CC1)C(=O)O. The molecule has 1 rings (SSSR count). The molecule has 8 nitrogen and oxygen atoms in total. The highest BCUT2D eigenvalue weighted by molar-refractivity contribution is 7.85. The minimum atomic E-state index is -1.21. The van der Waals surface area contributed by atoms with Gasteiger partial charge >= 0.3 is 18.0 Å². The molecule has 0 saturated carbocycles. The summed E-state index contributed by atoms with van der Waals surface area (Å²) in [5, 5.41) is 11.4. The summed E-state index contributed by atoms with van der Waals surface area (Å²) in [5.74, 6) is -0.942. The largest absolute Gasteiger partial charge is 0.480 e. The molecule has 1 saturated heterocycles. The van der Waals surface area contributed by atoms with Crippen LogP contribution in [0.2, 0.25) is 0 Å². The summed E-state index contributed by atoms with van der Waals surface area (Å²) in [7, 11) is 0.304. The first kappa shape index (κ1) is 16.4. The zero-order valence-corrected chi connectivity index (χ0v) is 12.0. The van der Waals surface area contributed by atoms with Gasteiger partial charge in [-0.3, -0.25) is 9.00 Å². The molecule has 1 heterocycles. The maximum absolute atomic E-state index is 11.9. The summed E-state index contributed by atoms with van der Waals surface area (Å²) in [4.78, 5) is 35.3. The second kappa shape index (κ2) is 7.83. The molecular weight excluding hydrogens is 288 g/mol. The van der Waals surface area contributed by atoms with Crippen molar-refractivity contribution in [2.75, 3.05) is 31.7 Å². The minimum Gasteiger partial charge on any atom is -0.480 e. The van der Waals surface area contributed by atoms with Gasteiger partial charge in [0, 0.05) is 41.8 Å². The van der Waals surface area contributed by atoms with E-state index in [4.69, 9.17) is 5.11 Å². The lowest BCUT2D eigenvalue weighted by molar-refractivity contribution is -0.142. The predicted molar refractivity (Wildman–Crippen MR) is 70.7 cm³/mol. The van der Waals surface area contributed by atoms with Gasteiger partial charge in [0.15, 0.2) is 0 Å². The van der Waals surface area contributed by atoms with Crippen LogP contribution in [0.1, 0.15) is 12.8 Å². The Morgan fingerprint density at radius 1 is 1.35 bits per heavy atom. The Bertz CT molecular complexity index is 404. The third-order valence-corrected chi connectivity index (χ3v) is 4.20. The average molecular weight is 306 g/mol. The molecule has 0 aliphatic carbocycles. The Morgan fingerprint density at radius 3 is 2.45 bits per heavy atom. The number of amides is 2. The van der Waals surface area contributed by atoms with Crippen molar-refractivity contribution in [2.24, 2.45) is 0 Å². The molecule has 0 aromatic heterocycles. The Labute approximate surface area is 118 Å². The number of methoxy groups -OCH3 is 1. The van der Waals surface area contributed by atoms with Gasteiger partial charge < -0.3 is 20.1 Å². The number of ether oxygens (including phenoxy) is 1. The molecule has 0 aromatic carbocycles. The van der Waals surface area contributed by atoms with Crippen LogP contribution in [0.25, 0.3) is 0 Å². The fraction of sp³-hybridized carbons (Fsp3) is 0.727. The summed E-state index contributed by atoms with van der Waals surface area (Å²) in [6, 6.07) is -1.66.